The van der Waals surface area contributed by atoms with Gasteiger partial charge in [-0.2, -0.15) is 0 Å². The van der Waals surface area contributed by atoms with E-state index in [0.29, 0.717) is 32.2 Å². The van der Waals surface area contributed by atoms with E-state index in [-0.39, 0.29) is 17.4 Å². The molecule has 2 amide bonds. The molecular weight excluding hydrogens is 360 g/mol. The Morgan fingerprint density at radius 3 is 2.89 bits per heavy atom. The van der Waals surface area contributed by atoms with Crippen LogP contribution in [0.25, 0.3) is 10.1 Å². The summed E-state index contributed by atoms with van der Waals surface area (Å²) in [7, 11) is 0. The Morgan fingerprint density at radius 1 is 1.26 bits per heavy atom. The van der Waals surface area contributed by atoms with Gasteiger partial charge in [-0.15, -0.1) is 11.3 Å². The van der Waals surface area contributed by atoms with Gasteiger partial charge in [-0.1, -0.05) is 18.2 Å². The van der Waals surface area contributed by atoms with E-state index < -0.39 is 0 Å². The predicted molar refractivity (Wildman–Crippen MR) is 105 cm³/mol. The van der Waals surface area contributed by atoms with Crippen molar-refractivity contribution in [2.24, 2.45) is 0 Å². The van der Waals surface area contributed by atoms with Crippen LogP contribution < -0.4 is 10.6 Å². The maximum atomic E-state index is 12.4. The smallest absolute Gasteiger partial charge is 0.220 e. The molecule has 3 aromatic rings. The number of benzene rings is 1. The fraction of sp³-hybridized carbons (Fsp3) is 0.333. The largest absolute Gasteiger partial charge is 0.469 e. The highest BCUT2D eigenvalue weighted by atomic mass is 32.1. The molecule has 2 aromatic heterocycles. The first kappa shape index (κ1) is 17.8. The quantitative estimate of drug-likeness (QED) is 0.653. The Morgan fingerprint density at radius 2 is 2.15 bits per heavy atom. The summed E-state index contributed by atoms with van der Waals surface area (Å²) in [6, 6.07) is 14.1. The number of amides is 2. The first-order chi connectivity index (χ1) is 13.1. The Kier molecular flexibility index (Phi) is 4.99. The molecule has 1 atom stereocenters. The van der Waals surface area contributed by atoms with E-state index >= 15 is 0 Å². The van der Waals surface area contributed by atoms with Crippen molar-refractivity contribution in [2.75, 3.05) is 0 Å². The van der Waals surface area contributed by atoms with Crippen LogP contribution in [0.1, 0.15) is 36.3 Å². The molecule has 1 aromatic carbocycles. The second kappa shape index (κ2) is 7.56. The number of furan rings is 1. The zero-order valence-corrected chi connectivity index (χ0v) is 15.8. The van der Waals surface area contributed by atoms with E-state index in [1.165, 1.54) is 10.1 Å². The van der Waals surface area contributed by atoms with Crippen LogP contribution in [-0.4, -0.2) is 17.4 Å². The molecule has 3 heterocycles. The topological polar surface area (TPSA) is 71.3 Å². The highest BCUT2D eigenvalue weighted by Gasteiger charge is 2.38. The van der Waals surface area contributed by atoms with E-state index in [9.17, 15) is 9.59 Å². The van der Waals surface area contributed by atoms with Crippen LogP contribution >= 0.6 is 11.3 Å². The van der Waals surface area contributed by atoms with Gasteiger partial charge in [0.1, 0.15) is 5.76 Å². The lowest BCUT2D eigenvalue weighted by Gasteiger charge is -2.28. The van der Waals surface area contributed by atoms with E-state index in [4.69, 9.17) is 4.42 Å². The summed E-state index contributed by atoms with van der Waals surface area (Å²) in [4.78, 5) is 25.3. The monoisotopic (exact) mass is 382 g/mol. The van der Waals surface area contributed by atoms with E-state index in [1.807, 2.05) is 24.3 Å². The number of rotatable bonds is 7. The van der Waals surface area contributed by atoms with Crippen LogP contribution in [-0.2, 0) is 22.6 Å². The normalized spacial score (nSPS) is 19.3. The predicted octanol–water partition coefficient (Wildman–Crippen LogP) is 3.78. The van der Waals surface area contributed by atoms with Crippen molar-refractivity contribution in [3.63, 3.8) is 0 Å². The summed E-state index contributed by atoms with van der Waals surface area (Å²) in [6.07, 6.45) is 4.48. The maximum Gasteiger partial charge on any atom is 0.220 e. The third kappa shape index (κ3) is 4.22. The van der Waals surface area contributed by atoms with E-state index in [2.05, 4.69) is 28.8 Å². The van der Waals surface area contributed by atoms with E-state index in [1.54, 1.807) is 17.6 Å². The highest BCUT2D eigenvalue weighted by Crippen LogP contribution is 2.30. The fourth-order valence-electron chi connectivity index (χ4n) is 3.68. The molecule has 1 fully saturated rings. The number of hydrogen-bond acceptors (Lipinski definition) is 4. The lowest BCUT2D eigenvalue weighted by molar-refractivity contribution is -0.122. The Balaban J connectivity index is 1.33. The van der Waals surface area contributed by atoms with Crippen LogP contribution in [0.5, 0.6) is 0 Å². The third-order valence-electron chi connectivity index (χ3n) is 5.09. The molecule has 0 spiro atoms. The van der Waals surface area contributed by atoms with Crippen molar-refractivity contribution in [3.05, 3.63) is 59.4 Å². The molecular formula is C21H22N2O3S. The van der Waals surface area contributed by atoms with Gasteiger partial charge >= 0.3 is 0 Å². The first-order valence-electron chi connectivity index (χ1n) is 9.19. The number of thiophene rings is 1. The van der Waals surface area contributed by atoms with Gasteiger partial charge in [0.15, 0.2) is 0 Å². The van der Waals surface area contributed by atoms with Crippen LogP contribution in [0.15, 0.2) is 53.1 Å². The third-order valence-corrected chi connectivity index (χ3v) is 6.21. The van der Waals surface area contributed by atoms with Gasteiger partial charge in [0, 0.05) is 34.4 Å². The minimum atomic E-state index is -0.385. The molecule has 0 bridgehead atoms. The van der Waals surface area contributed by atoms with Gasteiger partial charge in [-0.05, 0) is 42.5 Å². The molecule has 0 radical (unpaired) electrons. The number of hydrogen-bond donors (Lipinski definition) is 2. The van der Waals surface area contributed by atoms with Gasteiger partial charge in [-0.3, -0.25) is 9.59 Å². The molecule has 1 aliphatic heterocycles. The standard InChI is InChI=1S/C21H22N2O3S/c24-19(22-14-17-12-15-4-1-2-6-18(15)27-17)7-9-21(10-8-20(25)23-21)13-16-5-3-11-26-16/h1-6,11-12H,7-10,13-14H2,(H,22,24)(H,23,25). The molecule has 4 rings (SSSR count). The second-order valence-electron chi connectivity index (χ2n) is 7.11. The number of carbonyl (C=O) groups excluding carboxylic acids is 2. The zero-order chi connectivity index (χ0) is 18.7. The minimum absolute atomic E-state index is 0.00688. The fourth-order valence-corrected chi connectivity index (χ4v) is 4.68. The molecule has 0 aliphatic carbocycles. The van der Waals surface area contributed by atoms with Crippen molar-refractivity contribution >= 4 is 33.2 Å². The Bertz CT molecular complexity index is 914. The van der Waals surface area contributed by atoms with Crippen molar-refractivity contribution in [2.45, 2.75) is 44.2 Å². The molecule has 1 saturated heterocycles. The number of fused-ring (bicyclic) bond motifs is 1. The highest BCUT2D eigenvalue weighted by molar-refractivity contribution is 7.19. The Labute approximate surface area is 161 Å². The van der Waals surface area contributed by atoms with E-state index in [0.717, 1.165) is 17.1 Å². The van der Waals surface area contributed by atoms with Gasteiger partial charge < -0.3 is 15.1 Å². The summed E-state index contributed by atoms with van der Waals surface area (Å²) in [5, 5.41) is 7.29. The second-order valence-corrected chi connectivity index (χ2v) is 8.28. The molecule has 6 heteroatoms. The van der Waals surface area contributed by atoms with Crippen molar-refractivity contribution in [1.29, 1.82) is 0 Å². The van der Waals surface area contributed by atoms with Crippen molar-refractivity contribution in [3.8, 4) is 0 Å². The molecule has 5 nitrogen and oxygen atoms in total. The van der Waals surface area contributed by atoms with Gasteiger partial charge in [-0.25, -0.2) is 0 Å². The Hall–Kier alpha value is -2.60. The lowest BCUT2D eigenvalue weighted by Crippen LogP contribution is -2.44. The van der Waals surface area contributed by atoms with Crippen LogP contribution in [0.4, 0.5) is 0 Å². The van der Waals surface area contributed by atoms with Crippen molar-refractivity contribution in [1.82, 2.24) is 10.6 Å². The first-order valence-corrected chi connectivity index (χ1v) is 10.0. The van der Waals surface area contributed by atoms with Gasteiger partial charge in [0.05, 0.1) is 12.8 Å². The molecule has 140 valence electrons. The van der Waals surface area contributed by atoms with Gasteiger partial charge in [0.2, 0.25) is 11.8 Å². The summed E-state index contributed by atoms with van der Waals surface area (Å²) in [6.45, 7) is 0.537. The lowest BCUT2D eigenvalue weighted by atomic mass is 9.87. The summed E-state index contributed by atoms with van der Waals surface area (Å²) in [5.74, 6) is 0.891. The van der Waals surface area contributed by atoms with Crippen LogP contribution in [0.3, 0.4) is 0 Å². The number of carbonyl (C=O) groups is 2. The molecule has 0 saturated carbocycles. The van der Waals surface area contributed by atoms with Gasteiger partial charge in [0.25, 0.3) is 0 Å². The molecule has 1 aliphatic rings. The number of nitrogens with one attached hydrogen (secondary N) is 2. The van der Waals surface area contributed by atoms with Crippen LogP contribution in [0.2, 0.25) is 0 Å². The SMILES string of the molecule is O=C(CCC1(Cc2ccco2)CCC(=O)N1)NCc1cc2ccccc2s1. The molecule has 2 N–H and O–H groups in total. The zero-order valence-electron chi connectivity index (χ0n) is 15.0. The molecule has 1 unspecified atom stereocenters. The van der Waals surface area contributed by atoms with Crippen LogP contribution in [0, 0.1) is 0 Å². The molecule has 27 heavy (non-hydrogen) atoms. The average molecular weight is 382 g/mol. The summed E-state index contributed by atoms with van der Waals surface area (Å²) < 4.78 is 6.68. The summed E-state index contributed by atoms with van der Waals surface area (Å²) >= 11 is 1.70. The summed E-state index contributed by atoms with van der Waals surface area (Å²) in [5.41, 5.74) is -0.385. The minimum Gasteiger partial charge on any atom is -0.469 e. The maximum absolute atomic E-state index is 12.4. The van der Waals surface area contributed by atoms with Crippen molar-refractivity contribution < 1.29 is 14.0 Å². The average Bonchev–Trinajstić information content (AvgIpc) is 3.39.